The van der Waals surface area contributed by atoms with Crippen LogP contribution in [0, 0.1) is 0 Å². The van der Waals surface area contributed by atoms with Gasteiger partial charge >= 0.3 is 0 Å². The summed E-state index contributed by atoms with van der Waals surface area (Å²) in [6.45, 7) is 0.255. The first-order valence-electron chi connectivity index (χ1n) is 4.14. The first-order valence-corrected chi connectivity index (χ1v) is 4.14. The highest BCUT2D eigenvalue weighted by molar-refractivity contribution is 5.82. The summed E-state index contributed by atoms with van der Waals surface area (Å²) in [5.41, 5.74) is 3.55. The van der Waals surface area contributed by atoms with Crippen molar-refractivity contribution in [1.29, 1.82) is 0 Å². The predicted molar refractivity (Wildman–Crippen MR) is 50.2 cm³/mol. The molecule has 0 aliphatic heterocycles. The van der Waals surface area contributed by atoms with E-state index in [-0.39, 0.29) is 12.3 Å². The maximum atomic E-state index is 11.2. The number of carbonyl (C=O) groups excluding carboxylic acids is 1. The van der Waals surface area contributed by atoms with E-state index in [1.807, 2.05) is 30.3 Å². The molecule has 3 heteroatoms. The van der Waals surface area contributed by atoms with Crippen molar-refractivity contribution in [2.45, 2.75) is 6.42 Å². The Hall–Kier alpha value is -1.19. The van der Waals surface area contributed by atoms with Gasteiger partial charge in [-0.3, -0.25) is 4.79 Å². The smallest absolute Gasteiger partial charge is 0.153 e. The van der Waals surface area contributed by atoms with Gasteiger partial charge in [0, 0.05) is 6.42 Å². The molecule has 0 unspecified atom stereocenters. The van der Waals surface area contributed by atoms with Crippen LogP contribution in [0.15, 0.2) is 30.3 Å². The van der Waals surface area contributed by atoms with E-state index in [1.54, 1.807) is 0 Å². The van der Waals surface area contributed by atoms with E-state index in [1.165, 1.54) is 7.11 Å². The van der Waals surface area contributed by atoms with Crippen molar-refractivity contribution in [3.05, 3.63) is 35.9 Å². The number of benzene rings is 1. The fraction of sp³-hybridized carbons (Fsp3) is 0.300. The minimum absolute atomic E-state index is 0.119. The Kier molecular flexibility index (Phi) is 4.15. The second-order valence-electron chi connectivity index (χ2n) is 2.73. The molecular weight excluding hydrogens is 166 g/mol. The van der Waals surface area contributed by atoms with Crippen LogP contribution in [0.1, 0.15) is 5.56 Å². The van der Waals surface area contributed by atoms with Crippen LogP contribution in [0.25, 0.3) is 0 Å². The maximum Gasteiger partial charge on any atom is 0.153 e. The van der Waals surface area contributed by atoms with Crippen molar-refractivity contribution in [1.82, 2.24) is 5.48 Å². The fourth-order valence-electron chi connectivity index (χ4n) is 1.04. The number of hydrogen-bond donors (Lipinski definition) is 1. The van der Waals surface area contributed by atoms with E-state index in [9.17, 15) is 4.79 Å². The zero-order valence-corrected chi connectivity index (χ0v) is 7.62. The molecule has 0 aliphatic carbocycles. The highest BCUT2D eigenvalue weighted by Gasteiger charge is 2.01. The summed E-state index contributed by atoms with van der Waals surface area (Å²) in [6, 6.07) is 9.65. The minimum Gasteiger partial charge on any atom is -0.305 e. The van der Waals surface area contributed by atoms with E-state index < -0.39 is 0 Å². The summed E-state index contributed by atoms with van der Waals surface area (Å²) in [5.74, 6) is 0.119. The molecule has 0 fully saturated rings. The number of carbonyl (C=O) groups is 1. The summed E-state index contributed by atoms with van der Waals surface area (Å²) in [7, 11) is 1.50. The Labute approximate surface area is 77.7 Å². The molecule has 3 nitrogen and oxygen atoms in total. The van der Waals surface area contributed by atoms with Gasteiger partial charge < -0.3 is 4.84 Å². The normalized spacial score (nSPS) is 9.92. The van der Waals surface area contributed by atoms with Gasteiger partial charge in [0.1, 0.15) is 0 Å². The molecule has 0 saturated heterocycles. The quantitative estimate of drug-likeness (QED) is 0.684. The first kappa shape index (κ1) is 9.89. The van der Waals surface area contributed by atoms with Crippen molar-refractivity contribution in [3.8, 4) is 0 Å². The standard InChI is InChI=1S/C10H13NO2/c1-13-11-8-10(12)7-9-5-3-2-4-6-9/h2-6,11H,7-8H2,1H3. The van der Waals surface area contributed by atoms with Gasteiger partial charge in [0.15, 0.2) is 5.78 Å². The fourth-order valence-corrected chi connectivity index (χ4v) is 1.04. The van der Waals surface area contributed by atoms with Crippen LogP contribution >= 0.6 is 0 Å². The Bertz CT molecular complexity index is 259. The van der Waals surface area contributed by atoms with Crippen molar-refractivity contribution < 1.29 is 9.63 Å². The van der Waals surface area contributed by atoms with Crippen LogP contribution < -0.4 is 5.48 Å². The van der Waals surface area contributed by atoms with E-state index in [4.69, 9.17) is 0 Å². The molecule has 0 aliphatic rings. The molecule has 1 aromatic carbocycles. The molecule has 70 valence electrons. The van der Waals surface area contributed by atoms with Crippen LogP contribution in [0.3, 0.4) is 0 Å². The van der Waals surface area contributed by atoms with Gasteiger partial charge in [0.2, 0.25) is 0 Å². The second-order valence-corrected chi connectivity index (χ2v) is 2.73. The summed E-state index contributed by atoms with van der Waals surface area (Å²) in [5, 5.41) is 0. The SMILES string of the molecule is CONCC(=O)Cc1ccccc1. The van der Waals surface area contributed by atoms with Gasteiger partial charge in [-0.15, -0.1) is 0 Å². The van der Waals surface area contributed by atoms with Crippen LogP contribution in [-0.2, 0) is 16.1 Å². The first-order chi connectivity index (χ1) is 6.33. The van der Waals surface area contributed by atoms with E-state index in [2.05, 4.69) is 10.3 Å². The van der Waals surface area contributed by atoms with Crippen molar-refractivity contribution in [2.75, 3.05) is 13.7 Å². The summed E-state index contributed by atoms with van der Waals surface area (Å²) >= 11 is 0. The minimum atomic E-state index is 0.119. The van der Waals surface area contributed by atoms with Crippen LogP contribution in [0.5, 0.6) is 0 Å². The summed E-state index contributed by atoms with van der Waals surface area (Å²) < 4.78 is 0. The number of ketones is 1. The monoisotopic (exact) mass is 179 g/mol. The summed E-state index contributed by atoms with van der Waals surface area (Å²) in [6.07, 6.45) is 0.456. The number of hydrogen-bond acceptors (Lipinski definition) is 3. The third-order valence-electron chi connectivity index (χ3n) is 1.66. The Morgan fingerprint density at radius 3 is 2.69 bits per heavy atom. The molecule has 0 aromatic heterocycles. The molecule has 0 bridgehead atoms. The molecule has 0 saturated carbocycles. The van der Waals surface area contributed by atoms with E-state index >= 15 is 0 Å². The lowest BCUT2D eigenvalue weighted by Gasteiger charge is -2.01. The highest BCUT2D eigenvalue weighted by Crippen LogP contribution is 1.99. The highest BCUT2D eigenvalue weighted by atomic mass is 16.6. The average Bonchev–Trinajstić information content (AvgIpc) is 2.16. The van der Waals surface area contributed by atoms with Gasteiger partial charge in [-0.1, -0.05) is 30.3 Å². The molecule has 1 aromatic rings. The van der Waals surface area contributed by atoms with Gasteiger partial charge in [-0.05, 0) is 5.56 Å². The van der Waals surface area contributed by atoms with E-state index in [0.29, 0.717) is 6.42 Å². The maximum absolute atomic E-state index is 11.2. The molecule has 0 spiro atoms. The molecule has 0 radical (unpaired) electrons. The zero-order chi connectivity index (χ0) is 9.52. The zero-order valence-electron chi connectivity index (χ0n) is 7.62. The molecule has 0 amide bonds. The van der Waals surface area contributed by atoms with Crippen molar-refractivity contribution in [2.24, 2.45) is 0 Å². The van der Waals surface area contributed by atoms with Crippen LogP contribution in [0.4, 0.5) is 0 Å². The van der Waals surface area contributed by atoms with Gasteiger partial charge in [0.05, 0.1) is 13.7 Å². The lowest BCUT2D eigenvalue weighted by molar-refractivity contribution is -0.119. The molecular formula is C10H13NO2. The lowest BCUT2D eigenvalue weighted by Crippen LogP contribution is -2.22. The third-order valence-corrected chi connectivity index (χ3v) is 1.66. The van der Waals surface area contributed by atoms with Gasteiger partial charge in [0.25, 0.3) is 0 Å². The van der Waals surface area contributed by atoms with Gasteiger partial charge in [-0.25, -0.2) is 0 Å². The Balaban J connectivity index is 2.37. The topological polar surface area (TPSA) is 38.3 Å². The molecule has 1 rings (SSSR count). The predicted octanol–water partition coefficient (Wildman–Crippen LogP) is 0.949. The van der Waals surface area contributed by atoms with Crippen LogP contribution in [-0.4, -0.2) is 19.4 Å². The largest absolute Gasteiger partial charge is 0.305 e. The molecule has 1 N–H and O–H groups in total. The molecule has 13 heavy (non-hydrogen) atoms. The van der Waals surface area contributed by atoms with Crippen molar-refractivity contribution in [3.63, 3.8) is 0 Å². The number of hydroxylamine groups is 1. The van der Waals surface area contributed by atoms with Gasteiger partial charge in [-0.2, -0.15) is 5.48 Å². The summed E-state index contributed by atoms with van der Waals surface area (Å²) in [4.78, 5) is 15.8. The number of rotatable bonds is 5. The Morgan fingerprint density at radius 1 is 1.38 bits per heavy atom. The Morgan fingerprint density at radius 2 is 2.08 bits per heavy atom. The molecule has 0 heterocycles. The third kappa shape index (κ3) is 3.83. The second kappa shape index (κ2) is 5.45. The number of Topliss-reactive ketones (excluding diaryl/α,β-unsaturated/α-hetero) is 1. The lowest BCUT2D eigenvalue weighted by atomic mass is 10.1. The average molecular weight is 179 g/mol. The van der Waals surface area contributed by atoms with Crippen molar-refractivity contribution >= 4 is 5.78 Å². The molecule has 0 atom stereocenters. The van der Waals surface area contributed by atoms with E-state index in [0.717, 1.165) is 5.56 Å². The van der Waals surface area contributed by atoms with Crippen LogP contribution in [0.2, 0.25) is 0 Å². The number of nitrogens with one attached hydrogen (secondary N) is 1.